The summed E-state index contributed by atoms with van der Waals surface area (Å²) in [4.78, 5) is 19.2. The highest BCUT2D eigenvalue weighted by atomic mass is 32.1. The first-order chi connectivity index (χ1) is 15.1. The van der Waals surface area contributed by atoms with Crippen molar-refractivity contribution in [3.63, 3.8) is 0 Å². The monoisotopic (exact) mass is 430 g/mol. The number of fused-ring (bicyclic) bond motifs is 1. The Kier molecular flexibility index (Phi) is 5.02. The van der Waals surface area contributed by atoms with Crippen LogP contribution in [-0.4, -0.2) is 13.9 Å². The first-order valence-corrected chi connectivity index (χ1v) is 11.6. The largest absolute Gasteiger partial charge is 0.314 e. The zero-order valence-corrected chi connectivity index (χ0v) is 18.9. The van der Waals surface area contributed by atoms with Gasteiger partial charge in [0, 0.05) is 18.1 Å². The average Bonchev–Trinajstić information content (AvgIpc) is 3.26. The first kappa shape index (κ1) is 19.8. The van der Waals surface area contributed by atoms with E-state index in [2.05, 4.69) is 41.1 Å². The standard InChI is InChI=1S/C25H26N4OS/c1-17-16-31-25(28(17)22-15-9-11-19-10-7-8-14-21(19)22)26-23-18(2)27(3)29(24(23)30)20-12-5-4-6-13-20/h4-8,10,12-14,16,22H,9,11,15H2,1-3H3. The number of aryl methyl sites for hydroxylation is 2. The van der Waals surface area contributed by atoms with E-state index >= 15 is 0 Å². The number of rotatable bonds is 3. The van der Waals surface area contributed by atoms with E-state index in [1.54, 1.807) is 16.0 Å². The summed E-state index contributed by atoms with van der Waals surface area (Å²) in [5, 5.41) is 2.14. The molecule has 0 radical (unpaired) electrons. The summed E-state index contributed by atoms with van der Waals surface area (Å²) in [5.74, 6) is 0. The third-order valence-corrected chi connectivity index (χ3v) is 7.26. The topological polar surface area (TPSA) is 44.2 Å². The Hall–Kier alpha value is -3.12. The second-order valence-corrected chi connectivity index (χ2v) is 8.99. The van der Waals surface area contributed by atoms with Crippen molar-refractivity contribution in [2.24, 2.45) is 12.0 Å². The fourth-order valence-corrected chi connectivity index (χ4v) is 5.56. The molecule has 0 N–H and O–H groups in total. The minimum Gasteiger partial charge on any atom is -0.314 e. The maximum Gasteiger partial charge on any atom is 0.297 e. The van der Waals surface area contributed by atoms with E-state index in [1.165, 1.54) is 16.8 Å². The third kappa shape index (κ3) is 3.31. The summed E-state index contributed by atoms with van der Waals surface area (Å²) in [7, 11) is 1.91. The Labute approximate surface area is 185 Å². The summed E-state index contributed by atoms with van der Waals surface area (Å²) in [5.41, 5.74) is 6.10. The molecule has 6 heteroatoms. The van der Waals surface area contributed by atoms with Crippen LogP contribution in [0, 0.1) is 13.8 Å². The molecule has 4 aromatic rings. The lowest BCUT2D eigenvalue weighted by Gasteiger charge is -2.27. The Balaban J connectivity index is 1.68. The first-order valence-electron chi connectivity index (χ1n) is 10.7. The summed E-state index contributed by atoms with van der Waals surface area (Å²) < 4.78 is 5.90. The van der Waals surface area contributed by atoms with Crippen molar-refractivity contribution in [1.29, 1.82) is 0 Å². The van der Waals surface area contributed by atoms with Crippen LogP contribution in [0.15, 0.2) is 69.8 Å². The maximum absolute atomic E-state index is 13.4. The van der Waals surface area contributed by atoms with E-state index in [1.807, 2.05) is 49.0 Å². The highest BCUT2D eigenvalue weighted by Gasteiger charge is 2.24. The second kappa shape index (κ2) is 7.85. The summed E-state index contributed by atoms with van der Waals surface area (Å²) in [6, 6.07) is 18.7. The molecule has 0 aliphatic heterocycles. The number of hydrogen-bond donors (Lipinski definition) is 0. The molecule has 2 aromatic heterocycles. The third-order valence-electron chi connectivity index (χ3n) is 6.30. The molecule has 0 fully saturated rings. The van der Waals surface area contributed by atoms with Gasteiger partial charge in [0.1, 0.15) is 0 Å². The van der Waals surface area contributed by atoms with Gasteiger partial charge in [-0.05, 0) is 56.4 Å². The van der Waals surface area contributed by atoms with E-state index in [0.29, 0.717) is 5.69 Å². The molecule has 0 spiro atoms. The molecule has 2 heterocycles. The van der Waals surface area contributed by atoms with Gasteiger partial charge in [-0.1, -0.05) is 42.5 Å². The number of nitrogens with zero attached hydrogens (tertiary/aromatic N) is 4. The van der Waals surface area contributed by atoms with Gasteiger partial charge in [0.25, 0.3) is 5.56 Å². The predicted octanol–water partition coefficient (Wildman–Crippen LogP) is 4.81. The highest BCUT2D eigenvalue weighted by Crippen LogP contribution is 2.33. The van der Waals surface area contributed by atoms with E-state index in [9.17, 15) is 4.79 Å². The fraction of sp³-hybridized carbons (Fsp3) is 0.280. The van der Waals surface area contributed by atoms with Gasteiger partial charge in [0.05, 0.1) is 17.4 Å². The molecule has 1 aliphatic rings. The normalized spacial score (nSPS) is 16.5. The number of aromatic nitrogens is 3. The lowest BCUT2D eigenvalue weighted by Crippen LogP contribution is -2.26. The summed E-state index contributed by atoms with van der Waals surface area (Å²) in [6.45, 7) is 4.09. The Bertz CT molecular complexity index is 1370. The molecular weight excluding hydrogens is 404 g/mol. The quantitative estimate of drug-likeness (QED) is 0.460. The lowest BCUT2D eigenvalue weighted by atomic mass is 9.87. The predicted molar refractivity (Wildman–Crippen MR) is 126 cm³/mol. The van der Waals surface area contributed by atoms with E-state index in [0.717, 1.165) is 35.4 Å². The van der Waals surface area contributed by atoms with Gasteiger partial charge in [-0.25, -0.2) is 9.67 Å². The van der Waals surface area contributed by atoms with Gasteiger partial charge in [-0.15, -0.1) is 11.3 Å². The second-order valence-electron chi connectivity index (χ2n) is 8.16. The van der Waals surface area contributed by atoms with Crippen LogP contribution in [0.25, 0.3) is 5.69 Å². The number of thiazole rings is 1. The van der Waals surface area contributed by atoms with Gasteiger partial charge in [0.15, 0.2) is 10.5 Å². The van der Waals surface area contributed by atoms with Gasteiger partial charge >= 0.3 is 0 Å². The summed E-state index contributed by atoms with van der Waals surface area (Å²) in [6.07, 6.45) is 3.38. The number of para-hydroxylation sites is 1. The van der Waals surface area contributed by atoms with Crippen molar-refractivity contribution >= 4 is 17.0 Å². The molecule has 1 atom stereocenters. The molecular formula is C25H26N4OS. The molecule has 2 aromatic carbocycles. The van der Waals surface area contributed by atoms with Crippen molar-refractivity contribution in [2.75, 3.05) is 0 Å². The van der Waals surface area contributed by atoms with Crippen LogP contribution in [0.4, 0.5) is 5.69 Å². The smallest absolute Gasteiger partial charge is 0.297 e. The van der Waals surface area contributed by atoms with Crippen LogP contribution in [0.5, 0.6) is 0 Å². The lowest BCUT2D eigenvalue weighted by molar-refractivity contribution is 0.474. The Morgan fingerprint density at radius 2 is 1.77 bits per heavy atom. The van der Waals surface area contributed by atoms with Crippen LogP contribution >= 0.6 is 11.3 Å². The van der Waals surface area contributed by atoms with Crippen molar-refractivity contribution in [3.8, 4) is 5.69 Å². The van der Waals surface area contributed by atoms with Crippen molar-refractivity contribution in [1.82, 2.24) is 13.9 Å². The minimum absolute atomic E-state index is 0.0900. The molecule has 158 valence electrons. The van der Waals surface area contributed by atoms with Crippen LogP contribution < -0.4 is 10.4 Å². The minimum atomic E-state index is -0.0900. The van der Waals surface area contributed by atoms with Crippen LogP contribution in [0.1, 0.15) is 41.4 Å². The molecule has 5 rings (SSSR count). The van der Waals surface area contributed by atoms with Crippen LogP contribution in [0.3, 0.4) is 0 Å². The SMILES string of the molecule is Cc1csc(=Nc2c(C)n(C)n(-c3ccccc3)c2=O)n1C1CCCc2ccccc21. The van der Waals surface area contributed by atoms with Crippen molar-refractivity contribution in [3.05, 3.63) is 97.6 Å². The zero-order valence-electron chi connectivity index (χ0n) is 18.1. The molecule has 0 saturated carbocycles. The van der Waals surface area contributed by atoms with Crippen molar-refractivity contribution in [2.45, 2.75) is 39.2 Å². The van der Waals surface area contributed by atoms with E-state index in [4.69, 9.17) is 4.99 Å². The zero-order chi connectivity index (χ0) is 21.5. The van der Waals surface area contributed by atoms with E-state index < -0.39 is 0 Å². The number of hydrogen-bond acceptors (Lipinski definition) is 3. The Morgan fingerprint density at radius 3 is 2.58 bits per heavy atom. The molecule has 5 nitrogen and oxygen atoms in total. The van der Waals surface area contributed by atoms with E-state index in [-0.39, 0.29) is 11.6 Å². The van der Waals surface area contributed by atoms with Gasteiger partial charge < -0.3 is 4.57 Å². The van der Waals surface area contributed by atoms with Crippen LogP contribution in [-0.2, 0) is 13.5 Å². The average molecular weight is 431 g/mol. The molecule has 1 unspecified atom stereocenters. The molecule has 1 aliphatic carbocycles. The van der Waals surface area contributed by atoms with Gasteiger partial charge in [0.2, 0.25) is 0 Å². The fourth-order valence-electron chi connectivity index (χ4n) is 4.64. The maximum atomic E-state index is 13.4. The molecule has 0 bridgehead atoms. The van der Waals surface area contributed by atoms with Gasteiger partial charge in [-0.2, -0.15) is 0 Å². The van der Waals surface area contributed by atoms with Crippen LogP contribution in [0.2, 0.25) is 0 Å². The molecule has 0 amide bonds. The van der Waals surface area contributed by atoms with Crippen molar-refractivity contribution < 1.29 is 0 Å². The number of benzene rings is 2. The highest BCUT2D eigenvalue weighted by molar-refractivity contribution is 7.07. The summed E-state index contributed by atoms with van der Waals surface area (Å²) >= 11 is 1.61. The molecule has 0 saturated heterocycles. The Morgan fingerprint density at radius 1 is 1.03 bits per heavy atom. The van der Waals surface area contributed by atoms with Gasteiger partial charge in [-0.3, -0.25) is 9.48 Å². The molecule has 31 heavy (non-hydrogen) atoms.